The fourth-order valence-electron chi connectivity index (χ4n) is 2.11. The number of rotatable bonds is 4. The summed E-state index contributed by atoms with van der Waals surface area (Å²) in [4.78, 5) is 11.9. The van der Waals surface area contributed by atoms with Crippen LogP contribution in [-0.4, -0.2) is 6.03 Å². The van der Waals surface area contributed by atoms with E-state index < -0.39 is 0 Å². The average Bonchev–Trinajstić information content (AvgIpc) is 2.47. The second-order valence-electron chi connectivity index (χ2n) is 5.51. The highest BCUT2D eigenvalue weighted by Crippen LogP contribution is 2.17. The van der Waals surface area contributed by atoms with Crippen LogP contribution < -0.4 is 10.6 Å². The Kier molecular flexibility index (Phi) is 4.99. The highest BCUT2D eigenvalue weighted by Gasteiger charge is 2.04. The number of carbonyl (C=O) groups excluding carboxylic acids is 1. The Labute approximate surface area is 126 Å². The molecule has 110 valence electrons. The van der Waals surface area contributed by atoms with E-state index in [0.29, 0.717) is 12.5 Å². The van der Waals surface area contributed by atoms with Crippen LogP contribution in [0.25, 0.3) is 0 Å². The first kappa shape index (κ1) is 15.1. The third-order valence-corrected chi connectivity index (χ3v) is 3.54. The van der Waals surface area contributed by atoms with Gasteiger partial charge in [-0.1, -0.05) is 50.2 Å². The Hall–Kier alpha value is -2.29. The molecule has 0 aromatic heterocycles. The standard InChI is InChI=1S/C18H22N2O/c1-13(2)15-8-10-17(11-9-15)20-18(21)19-12-16-7-5-4-6-14(16)3/h4-11,13H,12H2,1-3H3,(H2,19,20,21). The second-order valence-corrected chi connectivity index (χ2v) is 5.51. The molecule has 0 atom stereocenters. The van der Waals surface area contributed by atoms with Crippen LogP contribution >= 0.6 is 0 Å². The largest absolute Gasteiger partial charge is 0.334 e. The number of hydrogen-bond donors (Lipinski definition) is 2. The van der Waals surface area contributed by atoms with Crippen LogP contribution in [-0.2, 0) is 6.54 Å². The minimum Gasteiger partial charge on any atom is -0.334 e. The van der Waals surface area contributed by atoms with E-state index in [-0.39, 0.29) is 6.03 Å². The summed E-state index contributed by atoms with van der Waals surface area (Å²) in [6, 6.07) is 15.8. The minimum absolute atomic E-state index is 0.185. The fraction of sp³-hybridized carbons (Fsp3) is 0.278. The van der Waals surface area contributed by atoms with Crippen LogP contribution in [0.15, 0.2) is 48.5 Å². The van der Waals surface area contributed by atoms with E-state index in [1.807, 2.05) is 55.5 Å². The van der Waals surface area contributed by atoms with Crippen molar-refractivity contribution in [3.8, 4) is 0 Å². The van der Waals surface area contributed by atoms with Gasteiger partial charge < -0.3 is 10.6 Å². The molecule has 3 heteroatoms. The van der Waals surface area contributed by atoms with Crippen molar-refractivity contribution in [2.75, 3.05) is 5.32 Å². The number of nitrogens with one attached hydrogen (secondary N) is 2. The molecule has 0 spiro atoms. The first-order valence-corrected chi connectivity index (χ1v) is 7.25. The normalized spacial score (nSPS) is 10.5. The van der Waals surface area contributed by atoms with Crippen LogP contribution in [0.4, 0.5) is 10.5 Å². The third-order valence-electron chi connectivity index (χ3n) is 3.54. The number of urea groups is 1. The highest BCUT2D eigenvalue weighted by molar-refractivity contribution is 5.89. The van der Waals surface area contributed by atoms with Crippen LogP contribution in [0, 0.1) is 6.92 Å². The quantitative estimate of drug-likeness (QED) is 0.855. The number of amides is 2. The molecule has 0 unspecified atom stereocenters. The summed E-state index contributed by atoms with van der Waals surface area (Å²) in [5, 5.41) is 5.72. The molecule has 21 heavy (non-hydrogen) atoms. The Bertz CT molecular complexity index is 603. The zero-order valence-corrected chi connectivity index (χ0v) is 12.8. The van der Waals surface area contributed by atoms with Crippen molar-refractivity contribution in [1.29, 1.82) is 0 Å². The van der Waals surface area contributed by atoms with Crippen molar-refractivity contribution >= 4 is 11.7 Å². The van der Waals surface area contributed by atoms with Gasteiger partial charge in [-0.05, 0) is 41.7 Å². The van der Waals surface area contributed by atoms with Crippen LogP contribution in [0.5, 0.6) is 0 Å². The third kappa shape index (κ3) is 4.35. The van der Waals surface area contributed by atoms with Gasteiger partial charge in [0.2, 0.25) is 0 Å². The van der Waals surface area contributed by atoms with Gasteiger partial charge in [-0.25, -0.2) is 4.79 Å². The first-order chi connectivity index (χ1) is 10.1. The number of aryl methyl sites for hydroxylation is 1. The number of anilines is 1. The van der Waals surface area contributed by atoms with Gasteiger partial charge in [-0.3, -0.25) is 0 Å². The lowest BCUT2D eigenvalue weighted by molar-refractivity contribution is 0.251. The lowest BCUT2D eigenvalue weighted by atomic mass is 10.0. The van der Waals surface area contributed by atoms with Gasteiger partial charge in [0.25, 0.3) is 0 Å². The van der Waals surface area contributed by atoms with Gasteiger partial charge in [-0.2, -0.15) is 0 Å². The highest BCUT2D eigenvalue weighted by atomic mass is 16.2. The maximum absolute atomic E-state index is 11.9. The van der Waals surface area contributed by atoms with E-state index in [9.17, 15) is 4.79 Å². The maximum atomic E-state index is 11.9. The van der Waals surface area contributed by atoms with Crippen molar-refractivity contribution < 1.29 is 4.79 Å². The van der Waals surface area contributed by atoms with Crippen molar-refractivity contribution in [1.82, 2.24) is 5.32 Å². The van der Waals surface area contributed by atoms with Crippen molar-refractivity contribution in [3.63, 3.8) is 0 Å². The Morgan fingerprint density at radius 2 is 1.71 bits per heavy atom. The Balaban J connectivity index is 1.88. The minimum atomic E-state index is -0.185. The number of hydrogen-bond acceptors (Lipinski definition) is 1. The molecule has 0 saturated carbocycles. The van der Waals surface area contributed by atoms with Crippen molar-refractivity contribution in [3.05, 3.63) is 65.2 Å². The fourth-order valence-corrected chi connectivity index (χ4v) is 2.11. The summed E-state index contributed by atoms with van der Waals surface area (Å²) < 4.78 is 0. The van der Waals surface area contributed by atoms with Crippen LogP contribution in [0.2, 0.25) is 0 Å². The molecular formula is C18H22N2O. The maximum Gasteiger partial charge on any atom is 0.319 e. The Morgan fingerprint density at radius 1 is 1.05 bits per heavy atom. The summed E-state index contributed by atoms with van der Waals surface area (Å²) >= 11 is 0. The first-order valence-electron chi connectivity index (χ1n) is 7.25. The van der Waals surface area contributed by atoms with Crippen LogP contribution in [0.1, 0.15) is 36.5 Å². The van der Waals surface area contributed by atoms with Crippen LogP contribution in [0.3, 0.4) is 0 Å². The zero-order chi connectivity index (χ0) is 15.2. The molecule has 2 N–H and O–H groups in total. The van der Waals surface area contributed by atoms with Crippen molar-refractivity contribution in [2.24, 2.45) is 0 Å². The Morgan fingerprint density at radius 3 is 2.33 bits per heavy atom. The predicted octanol–water partition coefficient (Wildman–Crippen LogP) is 4.44. The SMILES string of the molecule is Cc1ccccc1CNC(=O)Nc1ccc(C(C)C)cc1. The molecule has 0 saturated heterocycles. The molecular weight excluding hydrogens is 260 g/mol. The molecule has 0 aliphatic carbocycles. The summed E-state index contributed by atoms with van der Waals surface area (Å²) in [6.07, 6.45) is 0. The summed E-state index contributed by atoms with van der Waals surface area (Å²) in [7, 11) is 0. The van der Waals surface area contributed by atoms with E-state index in [1.54, 1.807) is 0 Å². The number of carbonyl (C=O) groups is 1. The van der Waals surface area contributed by atoms with Gasteiger partial charge in [0, 0.05) is 12.2 Å². The summed E-state index contributed by atoms with van der Waals surface area (Å²) in [5.41, 5.74) is 4.38. The van der Waals surface area contributed by atoms with E-state index in [0.717, 1.165) is 11.3 Å². The van der Waals surface area contributed by atoms with Crippen molar-refractivity contribution in [2.45, 2.75) is 33.2 Å². The monoisotopic (exact) mass is 282 g/mol. The van der Waals surface area contributed by atoms with Gasteiger partial charge in [0.1, 0.15) is 0 Å². The smallest absolute Gasteiger partial charge is 0.319 e. The lowest BCUT2D eigenvalue weighted by Gasteiger charge is -2.10. The van der Waals surface area contributed by atoms with E-state index >= 15 is 0 Å². The van der Waals surface area contributed by atoms with E-state index in [2.05, 4.69) is 24.5 Å². The molecule has 0 bridgehead atoms. The molecule has 0 fully saturated rings. The van der Waals surface area contributed by atoms with Gasteiger partial charge in [-0.15, -0.1) is 0 Å². The summed E-state index contributed by atoms with van der Waals surface area (Å²) in [5.74, 6) is 0.494. The average molecular weight is 282 g/mol. The zero-order valence-electron chi connectivity index (χ0n) is 12.8. The van der Waals surface area contributed by atoms with E-state index in [1.165, 1.54) is 11.1 Å². The predicted molar refractivity (Wildman–Crippen MR) is 87.6 cm³/mol. The molecule has 2 rings (SSSR count). The molecule has 0 aliphatic rings. The van der Waals surface area contributed by atoms with Gasteiger partial charge in [0.05, 0.1) is 0 Å². The topological polar surface area (TPSA) is 41.1 Å². The molecule has 0 radical (unpaired) electrons. The molecule has 0 aliphatic heterocycles. The van der Waals surface area contributed by atoms with E-state index in [4.69, 9.17) is 0 Å². The van der Waals surface area contributed by atoms with Gasteiger partial charge in [0.15, 0.2) is 0 Å². The lowest BCUT2D eigenvalue weighted by Crippen LogP contribution is -2.28. The molecule has 2 amide bonds. The molecule has 2 aromatic rings. The van der Waals surface area contributed by atoms with Gasteiger partial charge >= 0.3 is 6.03 Å². The summed E-state index contributed by atoms with van der Waals surface area (Å²) in [6.45, 7) is 6.87. The second kappa shape index (κ2) is 6.93. The number of benzene rings is 2. The molecule has 3 nitrogen and oxygen atoms in total. The molecule has 2 aromatic carbocycles. The molecule has 0 heterocycles.